The van der Waals surface area contributed by atoms with Crippen molar-refractivity contribution in [1.82, 2.24) is 5.32 Å². The van der Waals surface area contributed by atoms with Crippen LogP contribution < -0.4 is 20.1 Å². The van der Waals surface area contributed by atoms with Gasteiger partial charge in [-0.3, -0.25) is 4.99 Å². The first-order valence-electron chi connectivity index (χ1n) is 11.4. The highest BCUT2D eigenvalue weighted by Gasteiger charge is 2.11. The van der Waals surface area contributed by atoms with Crippen molar-refractivity contribution in [3.63, 3.8) is 0 Å². The van der Waals surface area contributed by atoms with Gasteiger partial charge in [-0.05, 0) is 31.4 Å². The third kappa shape index (κ3) is 12.7. The van der Waals surface area contributed by atoms with Crippen molar-refractivity contribution in [1.29, 1.82) is 0 Å². The molecule has 0 unspecified atom stereocenters. The van der Waals surface area contributed by atoms with Crippen LogP contribution in [0.5, 0.6) is 11.5 Å². The lowest BCUT2D eigenvalue weighted by molar-refractivity contribution is 0.0699. The third-order valence-electron chi connectivity index (χ3n) is 4.56. The van der Waals surface area contributed by atoms with Gasteiger partial charge in [0.25, 0.3) is 0 Å². The van der Waals surface area contributed by atoms with Gasteiger partial charge in [0.15, 0.2) is 17.5 Å². The van der Waals surface area contributed by atoms with Crippen molar-refractivity contribution in [3.8, 4) is 11.5 Å². The number of hydrogen-bond acceptors (Lipinski definition) is 6. The van der Waals surface area contributed by atoms with E-state index in [9.17, 15) is 0 Å². The number of nitrogens with zero attached hydrogens (tertiary/aromatic N) is 1. The standard InChI is InChI=1S/C23H39N3O5.HI/c1-3-4-12-28-13-5-10-24-23(25-11-6-14-29-18-17-27-2)26-20-8-9-21-22(19-20)31-16-7-15-30-21;/h8-9,19H,3-7,10-18H2,1-2H3,(H2,24,25,26);1H. The van der Waals surface area contributed by atoms with E-state index >= 15 is 0 Å². The molecule has 0 bridgehead atoms. The van der Waals surface area contributed by atoms with Crippen molar-refractivity contribution >= 4 is 35.6 Å². The zero-order chi connectivity index (χ0) is 22.0. The maximum Gasteiger partial charge on any atom is 0.195 e. The molecule has 0 aliphatic carbocycles. The predicted octanol–water partition coefficient (Wildman–Crippen LogP) is 4.08. The molecule has 1 aliphatic heterocycles. The summed E-state index contributed by atoms with van der Waals surface area (Å²) in [6, 6.07) is 5.87. The molecule has 0 radical (unpaired) electrons. The minimum absolute atomic E-state index is 0. The number of aliphatic imine (C=N–C) groups is 1. The van der Waals surface area contributed by atoms with E-state index in [0.29, 0.717) is 39.6 Å². The zero-order valence-electron chi connectivity index (χ0n) is 19.5. The van der Waals surface area contributed by atoms with E-state index in [4.69, 9.17) is 28.7 Å². The summed E-state index contributed by atoms with van der Waals surface area (Å²) in [5.41, 5.74) is 0.908. The van der Waals surface area contributed by atoms with Gasteiger partial charge in [0.2, 0.25) is 0 Å². The predicted molar refractivity (Wildman–Crippen MR) is 139 cm³/mol. The minimum Gasteiger partial charge on any atom is -0.490 e. The van der Waals surface area contributed by atoms with E-state index < -0.39 is 0 Å². The summed E-state index contributed by atoms with van der Waals surface area (Å²) >= 11 is 0. The summed E-state index contributed by atoms with van der Waals surface area (Å²) in [6.45, 7) is 8.43. The molecule has 1 aliphatic rings. The molecular formula is C23H40IN3O5. The Morgan fingerprint density at radius 1 is 0.969 bits per heavy atom. The summed E-state index contributed by atoms with van der Waals surface area (Å²) in [5.74, 6) is 2.28. The van der Waals surface area contributed by atoms with Crippen molar-refractivity contribution in [2.45, 2.75) is 39.0 Å². The van der Waals surface area contributed by atoms with Crippen LogP contribution in [0.2, 0.25) is 0 Å². The maximum absolute atomic E-state index is 5.79. The van der Waals surface area contributed by atoms with E-state index in [2.05, 4.69) is 17.6 Å². The second-order valence-corrected chi connectivity index (χ2v) is 7.27. The monoisotopic (exact) mass is 565 g/mol. The van der Waals surface area contributed by atoms with E-state index in [-0.39, 0.29) is 24.0 Å². The Morgan fingerprint density at radius 3 is 2.53 bits per heavy atom. The average Bonchev–Trinajstić information content (AvgIpc) is 3.02. The summed E-state index contributed by atoms with van der Waals surface area (Å²) in [7, 11) is 1.67. The first-order valence-corrected chi connectivity index (χ1v) is 11.4. The molecule has 1 aromatic rings. The fraction of sp³-hybridized carbons (Fsp3) is 0.696. The Kier molecular flexibility index (Phi) is 17.2. The molecule has 8 nitrogen and oxygen atoms in total. The molecule has 2 rings (SSSR count). The highest BCUT2D eigenvalue weighted by atomic mass is 127. The Hall–Kier alpha value is -1.30. The number of fused-ring (bicyclic) bond motifs is 1. The number of benzene rings is 1. The number of ether oxygens (including phenoxy) is 5. The topological polar surface area (TPSA) is 82.6 Å². The molecule has 0 saturated heterocycles. The fourth-order valence-corrected chi connectivity index (χ4v) is 2.85. The SMILES string of the molecule is CCCCOCCCN=C(NCCCOCCOC)Nc1ccc2c(c1)OCCCO2.I. The Bertz CT molecular complexity index is 634. The van der Waals surface area contributed by atoms with Crippen LogP contribution in [0.15, 0.2) is 23.2 Å². The molecule has 1 aromatic carbocycles. The third-order valence-corrected chi connectivity index (χ3v) is 4.56. The number of anilines is 1. The highest BCUT2D eigenvalue weighted by Crippen LogP contribution is 2.32. The van der Waals surface area contributed by atoms with Gasteiger partial charge in [-0.1, -0.05) is 13.3 Å². The second kappa shape index (κ2) is 19.2. The van der Waals surface area contributed by atoms with Crippen LogP contribution in [-0.4, -0.2) is 72.4 Å². The summed E-state index contributed by atoms with van der Waals surface area (Å²) < 4.78 is 27.6. The Labute approximate surface area is 209 Å². The molecule has 0 fully saturated rings. The largest absolute Gasteiger partial charge is 0.490 e. The van der Waals surface area contributed by atoms with Crippen LogP contribution in [0.3, 0.4) is 0 Å². The number of unbranched alkanes of at least 4 members (excludes halogenated alkanes) is 1. The number of methoxy groups -OCH3 is 1. The number of guanidine groups is 1. The van der Waals surface area contributed by atoms with Gasteiger partial charge in [-0.15, -0.1) is 24.0 Å². The van der Waals surface area contributed by atoms with Gasteiger partial charge in [0.1, 0.15) is 0 Å². The van der Waals surface area contributed by atoms with Crippen LogP contribution in [0.25, 0.3) is 0 Å². The molecule has 0 atom stereocenters. The summed E-state index contributed by atoms with van der Waals surface area (Å²) in [4.78, 5) is 4.70. The van der Waals surface area contributed by atoms with Gasteiger partial charge in [-0.25, -0.2) is 0 Å². The van der Waals surface area contributed by atoms with E-state index in [1.165, 1.54) is 0 Å². The molecule has 2 N–H and O–H groups in total. The summed E-state index contributed by atoms with van der Waals surface area (Å²) in [6.07, 6.45) is 4.91. The zero-order valence-corrected chi connectivity index (χ0v) is 21.9. The molecule has 0 spiro atoms. The van der Waals surface area contributed by atoms with Crippen molar-refractivity contribution in [3.05, 3.63) is 18.2 Å². The quantitative estimate of drug-likeness (QED) is 0.144. The Morgan fingerprint density at radius 2 is 1.72 bits per heavy atom. The molecule has 0 aromatic heterocycles. The lowest BCUT2D eigenvalue weighted by Crippen LogP contribution is -2.32. The Balaban J connectivity index is 0.00000512. The maximum atomic E-state index is 5.79. The van der Waals surface area contributed by atoms with Crippen molar-refractivity contribution < 1.29 is 23.7 Å². The average molecular weight is 565 g/mol. The molecule has 9 heteroatoms. The van der Waals surface area contributed by atoms with Gasteiger partial charge in [-0.2, -0.15) is 0 Å². The van der Waals surface area contributed by atoms with Crippen LogP contribution in [-0.2, 0) is 14.2 Å². The first-order chi connectivity index (χ1) is 15.3. The normalized spacial score (nSPS) is 13.2. The van der Waals surface area contributed by atoms with Crippen LogP contribution in [0.1, 0.15) is 39.0 Å². The number of nitrogens with one attached hydrogen (secondary N) is 2. The smallest absolute Gasteiger partial charge is 0.195 e. The molecular weight excluding hydrogens is 525 g/mol. The number of hydrogen-bond donors (Lipinski definition) is 2. The van der Waals surface area contributed by atoms with Crippen molar-refractivity contribution in [2.75, 3.05) is 71.8 Å². The van der Waals surface area contributed by atoms with Gasteiger partial charge >= 0.3 is 0 Å². The summed E-state index contributed by atoms with van der Waals surface area (Å²) in [5, 5.41) is 6.75. The van der Waals surface area contributed by atoms with Crippen molar-refractivity contribution in [2.24, 2.45) is 4.99 Å². The highest BCUT2D eigenvalue weighted by molar-refractivity contribution is 14.0. The van der Waals surface area contributed by atoms with E-state index in [1.54, 1.807) is 7.11 Å². The van der Waals surface area contributed by atoms with Gasteiger partial charge in [0.05, 0.1) is 26.4 Å². The fourth-order valence-electron chi connectivity index (χ4n) is 2.85. The van der Waals surface area contributed by atoms with E-state index in [1.807, 2.05) is 18.2 Å². The molecule has 32 heavy (non-hydrogen) atoms. The molecule has 184 valence electrons. The molecule has 0 amide bonds. The second-order valence-electron chi connectivity index (χ2n) is 7.27. The van der Waals surface area contributed by atoms with Crippen LogP contribution in [0.4, 0.5) is 5.69 Å². The molecule has 1 heterocycles. The van der Waals surface area contributed by atoms with Crippen LogP contribution >= 0.6 is 24.0 Å². The minimum atomic E-state index is 0. The molecule has 0 saturated carbocycles. The van der Waals surface area contributed by atoms with Gasteiger partial charge < -0.3 is 34.3 Å². The lowest BCUT2D eigenvalue weighted by atomic mass is 10.2. The van der Waals surface area contributed by atoms with Crippen LogP contribution in [0, 0.1) is 0 Å². The lowest BCUT2D eigenvalue weighted by Gasteiger charge is -2.15. The van der Waals surface area contributed by atoms with Gasteiger partial charge in [0, 0.05) is 58.2 Å². The first kappa shape index (κ1) is 28.7. The van der Waals surface area contributed by atoms with E-state index in [0.717, 1.165) is 75.0 Å². The number of halogens is 1. The number of rotatable bonds is 15.